The lowest BCUT2D eigenvalue weighted by Gasteiger charge is -2.04. The molecule has 0 bridgehead atoms. The third-order valence-corrected chi connectivity index (χ3v) is 2.96. The van der Waals surface area contributed by atoms with E-state index in [2.05, 4.69) is 4.98 Å². The quantitative estimate of drug-likeness (QED) is 0.477. The smallest absolute Gasteiger partial charge is 0.258 e. The zero-order chi connectivity index (χ0) is 14.1. The fourth-order valence-electron chi connectivity index (χ4n) is 1.07. The highest BCUT2D eigenvalue weighted by molar-refractivity contribution is 8.13. The molecule has 0 fully saturated rings. The fourth-order valence-corrected chi connectivity index (χ4v) is 2.00. The third kappa shape index (κ3) is 2.69. The van der Waals surface area contributed by atoms with Gasteiger partial charge < -0.3 is 0 Å². The summed E-state index contributed by atoms with van der Waals surface area (Å²) in [7, 11) is 0.334. The van der Waals surface area contributed by atoms with Gasteiger partial charge >= 0.3 is 0 Å². The number of hydrogen-bond donors (Lipinski definition) is 0. The van der Waals surface area contributed by atoms with Crippen LogP contribution in [0.2, 0.25) is 0 Å². The van der Waals surface area contributed by atoms with Crippen molar-refractivity contribution in [3.8, 4) is 6.07 Å². The average Bonchev–Trinajstić information content (AvgIpc) is 2.25. The molecule has 1 heterocycles. The van der Waals surface area contributed by atoms with E-state index in [-0.39, 0.29) is 0 Å². The van der Waals surface area contributed by atoms with Gasteiger partial charge in [-0.3, -0.25) is 10.1 Å². The van der Waals surface area contributed by atoms with Crippen LogP contribution >= 0.6 is 10.7 Å². The maximum atomic E-state index is 12.5. The van der Waals surface area contributed by atoms with E-state index < -0.39 is 42.4 Å². The normalized spacial score (nSPS) is 11.3. The number of nitriles is 1. The molecule has 0 saturated heterocycles. The van der Waals surface area contributed by atoms with Crippen LogP contribution in [0.15, 0.2) is 11.1 Å². The summed E-state index contributed by atoms with van der Waals surface area (Å²) >= 11 is 0. The van der Waals surface area contributed by atoms with Gasteiger partial charge in [0.1, 0.15) is 6.07 Å². The molecule has 0 atom stereocenters. The number of rotatable bonds is 3. The first-order valence-corrected chi connectivity index (χ1v) is 6.31. The van der Waals surface area contributed by atoms with E-state index in [0.29, 0.717) is 6.07 Å². The second-order valence-electron chi connectivity index (χ2n) is 2.85. The average molecular weight is 298 g/mol. The Morgan fingerprint density at radius 1 is 1.56 bits per heavy atom. The highest BCUT2D eigenvalue weighted by Gasteiger charge is 2.30. The molecule has 0 N–H and O–H groups in total. The molecule has 1 rings (SSSR count). The number of halogens is 3. The Morgan fingerprint density at radius 3 is 2.44 bits per heavy atom. The summed E-state index contributed by atoms with van der Waals surface area (Å²) in [6.07, 6.45) is -3.38. The van der Waals surface area contributed by atoms with Gasteiger partial charge in [0, 0.05) is 16.7 Å². The Hall–Kier alpha value is -1.86. The van der Waals surface area contributed by atoms with E-state index in [4.69, 9.17) is 15.9 Å². The van der Waals surface area contributed by atoms with Crippen molar-refractivity contribution in [2.45, 2.75) is 11.5 Å². The van der Waals surface area contributed by atoms with Crippen molar-refractivity contribution in [1.82, 2.24) is 4.98 Å². The van der Waals surface area contributed by atoms with Gasteiger partial charge in [-0.25, -0.2) is 22.2 Å². The molecule has 18 heavy (non-hydrogen) atoms. The van der Waals surface area contributed by atoms with Crippen LogP contribution in [-0.2, 0) is 9.05 Å². The number of nitro groups is 1. The summed E-state index contributed by atoms with van der Waals surface area (Å²) in [6.45, 7) is 0. The molecule has 0 aliphatic rings. The van der Waals surface area contributed by atoms with E-state index in [1.54, 1.807) is 0 Å². The molecule has 1 aromatic rings. The number of aromatic nitrogens is 1. The minimum Gasteiger partial charge on any atom is -0.258 e. The molecule has 0 radical (unpaired) electrons. The van der Waals surface area contributed by atoms with Crippen molar-refractivity contribution in [1.29, 1.82) is 5.26 Å². The van der Waals surface area contributed by atoms with E-state index in [1.807, 2.05) is 0 Å². The fraction of sp³-hybridized carbons (Fsp3) is 0.143. The Morgan fingerprint density at radius 2 is 2.11 bits per heavy atom. The molecule has 11 heteroatoms. The molecule has 0 aliphatic heterocycles. The number of hydrogen-bond acceptors (Lipinski definition) is 6. The summed E-state index contributed by atoms with van der Waals surface area (Å²) in [6, 6.07) is 1.68. The Labute approximate surface area is 103 Å². The third-order valence-electron chi connectivity index (χ3n) is 1.75. The topological polar surface area (TPSA) is 114 Å². The second-order valence-corrected chi connectivity index (χ2v) is 5.33. The zero-order valence-electron chi connectivity index (χ0n) is 8.17. The Bertz CT molecular complexity index is 655. The van der Waals surface area contributed by atoms with Crippen molar-refractivity contribution in [2.24, 2.45) is 0 Å². The molecule has 1 aromatic heterocycles. The van der Waals surface area contributed by atoms with Crippen LogP contribution in [0, 0.1) is 21.4 Å². The second kappa shape index (κ2) is 4.79. The van der Waals surface area contributed by atoms with Gasteiger partial charge in [0.25, 0.3) is 21.2 Å². The number of nitrogens with zero attached hydrogens (tertiary/aromatic N) is 3. The number of pyridine rings is 1. The zero-order valence-corrected chi connectivity index (χ0v) is 9.74. The predicted molar refractivity (Wildman–Crippen MR) is 53.6 cm³/mol. The lowest BCUT2D eigenvalue weighted by molar-refractivity contribution is -0.386. The minimum atomic E-state index is -4.56. The van der Waals surface area contributed by atoms with Gasteiger partial charge in [-0.05, 0) is 0 Å². The van der Waals surface area contributed by atoms with Crippen LogP contribution in [0.4, 0.5) is 14.5 Å². The standard InChI is InChI=1S/C7H2ClF2N3O4S/c8-18(16,17)7-3(2-11)1-4(13(14)15)5(12-7)6(9)10/h1,6H. The highest BCUT2D eigenvalue weighted by atomic mass is 35.7. The van der Waals surface area contributed by atoms with E-state index in [9.17, 15) is 27.3 Å². The van der Waals surface area contributed by atoms with E-state index in [1.165, 1.54) is 6.07 Å². The van der Waals surface area contributed by atoms with E-state index in [0.717, 1.165) is 0 Å². The molecular weight excluding hydrogens is 296 g/mol. The number of alkyl halides is 2. The Kier molecular flexibility index (Phi) is 3.78. The lowest BCUT2D eigenvalue weighted by atomic mass is 10.2. The summed E-state index contributed by atoms with van der Waals surface area (Å²) in [5, 5.41) is 18.0. The van der Waals surface area contributed by atoms with Gasteiger partial charge in [-0.15, -0.1) is 0 Å². The van der Waals surface area contributed by atoms with Crippen molar-refractivity contribution < 1.29 is 22.1 Å². The molecule has 0 spiro atoms. The van der Waals surface area contributed by atoms with E-state index >= 15 is 0 Å². The summed E-state index contributed by atoms with van der Waals surface area (Å²) in [5.41, 5.74) is -3.29. The maximum Gasteiger partial charge on any atom is 0.298 e. The lowest BCUT2D eigenvalue weighted by Crippen LogP contribution is -2.07. The van der Waals surface area contributed by atoms with Crippen LogP contribution in [0.25, 0.3) is 0 Å². The molecular formula is C7H2ClF2N3O4S. The predicted octanol–water partition coefficient (Wildman–Crippen LogP) is 1.73. The molecule has 0 amide bonds. The first-order chi connectivity index (χ1) is 8.18. The highest BCUT2D eigenvalue weighted by Crippen LogP contribution is 2.31. The monoisotopic (exact) mass is 297 g/mol. The largest absolute Gasteiger partial charge is 0.298 e. The van der Waals surface area contributed by atoms with Crippen molar-refractivity contribution in [3.63, 3.8) is 0 Å². The van der Waals surface area contributed by atoms with Gasteiger partial charge in [-0.1, -0.05) is 0 Å². The van der Waals surface area contributed by atoms with Crippen LogP contribution in [0.1, 0.15) is 17.7 Å². The SMILES string of the molecule is N#Cc1cc([N+](=O)[O-])c(C(F)F)nc1S(=O)(=O)Cl. The Balaban J connectivity index is 3.75. The van der Waals surface area contributed by atoms with Crippen LogP contribution < -0.4 is 0 Å². The molecule has 0 aliphatic carbocycles. The summed E-state index contributed by atoms with van der Waals surface area (Å²) in [4.78, 5) is 12.2. The van der Waals surface area contributed by atoms with Crippen LogP contribution in [-0.4, -0.2) is 18.3 Å². The van der Waals surface area contributed by atoms with Crippen LogP contribution in [0.3, 0.4) is 0 Å². The first-order valence-electron chi connectivity index (χ1n) is 4.00. The first kappa shape index (κ1) is 14.2. The molecule has 7 nitrogen and oxygen atoms in total. The van der Waals surface area contributed by atoms with Gasteiger partial charge in [-0.2, -0.15) is 5.26 Å². The molecule has 0 unspecified atom stereocenters. The van der Waals surface area contributed by atoms with Crippen molar-refractivity contribution >= 4 is 25.4 Å². The van der Waals surface area contributed by atoms with Gasteiger partial charge in [0.2, 0.25) is 0 Å². The molecule has 0 aromatic carbocycles. The molecule has 96 valence electrons. The summed E-state index contributed by atoms with van der Waals surface area (Å²) in [5.74, 6) is 0. The van der Waals surface area contributed by atoms with Gasteiger partial charge in [0.05, 0.1) is 10.5 Å². The summed E-state index contributed by atoms with van der Waals surface area (Å²) < 4.78 is 47.0. The maximum absolute atomic E-state index is 12.5. The molecule has 0 saturated carbocycles. The van der Waals surface area contributed by atoms with Crippen molar-refractivity contribution in [3.05, 3.63) is 27.4 Å². The van der Waals surface area contributed by atoms with Crippen LogP contribution in [0.5, 0.6) is 0 Å². The van der Waals surface area contributed by atoms with Crippen molar-refractivity contribution in [2.75, 3.05) is 0 Å². The van der Waals surface area contributed by atoms with Gasteiger partial charge in [0.15, 0.2) is 10.7 Å². The minimum absolute atomic E-state index is 0.393.